The maximum atomic E-state index is 5.30. The summed E-state index contributed by atoms with van der Waals surface area (Å²) in [5.74, 6) is 0. The van der Waals surface area contributed by atoms with E-state index in [1.165, 1.54) is 5.57 Å². The van der Waals surface area contributed by atoms with E-state index >= 15 is 0 Å². The van der Waals surface area contributed by atoms with Crippen LogP contribution in [0.25, 0.3) is 0 Å². The lowest BCUT2D eigenvalue weighted by Gasteiger charge is -2.08. The van der Waals surface area contributed by atoms with Gasteiger partial charge in [-0.2, -0.15) is 0 Å². The number of morpholine rings is 1. The molecule has 2 nitrogen and oxygen atoms in total. The van der Waals surface area contributed by atoms with Crippen LogP contribution >= 0.6 is 0 Å². The topological polar surface area (TPSA) is 21.3 Å². The van der Waals surface area contributed by atoms with Gasteiger partial charge in [0.25, 0.3) is 0 Å². The number of hydrogen-bond acceptors (Lipinski definition) is 2. The first kappa shape index (κ1) is 4.53. The molecule has 1 N–H and O–H groups in total. The Morgan fingerprint density at radius 2 is 2.62 bits per heavy atom. The van der Waals surface area contributed by atoms with Gasteiger partial charge < -0.3 is 10.1 Å². The molecule has 0 spiro atoms. The summed E-state index contributed by atoms with van der Waals surface area (Å²) in [5.41, 5.74) is 1.24. The van der Waals surface area contributed by atoms with Crippen molar-refractivity contribution in [3.63, 3.8) is 0 Å². The summed E-state index contributed by atoms with van der Waals surface area (Å²) in [6.45, 7) is 5.70. The Bertz CT molecular complexity index is 110. The molecule has 8 heavy (non-hydrogen) atoms. The molecule has 2 atom stereocenters. The number of rotatable bonds is 0. The minimum atomic E-state index is 0.333. The molecule has 44 valence electrons. The van der Waals surface area contributed by atoms with Crippen molar-refractivity contribution in [3.8, 4) is 0 Å². The molecule has 2 saturated heterocycles. The quantitative estimate of drug-likeness (QED) is 0.441. The minimum Gasteiger partial charge on any atom is -0.371 e. The van der Waals surface area contributed by atoms with Crippen molar-refractivity contribution in [2.45, 2.75) is 12.1 Å². The van der Waals surface area contributed by atoms with Crippen molar-refractivity contribution < 1.29 is 4.74 Å². The highest BCUT2D eigenvalue weighted by molar-refractivity contribution is 5.21. The minimum absolute atomic E-state index is 0.333. The summed E-state index contributed by atoms with van der Waals surface area (Å²) in [6.07, 6.45) is 0.333. The Hall–Kier alpha value is -0.340. The molecule has 2 heterocycles. The maximum absolute atomic E-state index is 5.30. The molecule has 0 saturated carbocycles. The van der Waals surface area contributed by atoms with Crippen LogP contribution in [-0.2, 0) is 4.74 Å². The standard InChI is InChI=1S/C6H9NO/c1-4-5-3-8-6(4)2-7-5/h5-7H,1-3H2/t5-,6-/m0/s1. The fourth-order valence-corrected chi connectivity index (χ4v) is 1.28. The molecule has 0 aromatic carbocycles. The molecule has 2 heteroatoms. The largest absolute Gasteiger partial charge is 0.371 e. The molecule has 2 rings (SSSR count). The predicted molar refractivity (Wildman–Crippen MR) is 30.7 cm³/mol. The highest BCUT2D eigenvalue weighted by Crippen LogP contribution is 2.23. The van der Waals surface area contributed by atoms with E-state index in [0.717, 1.165) is 13.2 Å². The van der Waals surface area contributed by atoms with Gasteiger partial charge in [-0.1, -0.05) is 6.58 Å². The summed E-state index contributed by atoms with van der Waals surface area (Å²) >= 11 is 0. The molecule has 0 aliphatic carbocycles. The normalized spacial score (nSPS) is 43.8. The molecule has 0 radical (unpaired) electrons. The molecule has 0 aromatic rings. The fourth-order valence-electron chi connectivity index (χ4n) is 1.28. The number of hydrogen-bond donors (Lipinski definition) is 1. The molecular formula is C6H9NO. The lowest BCUT2D eigenvalue weighted by molar-refractivity contribution is 0.0951. The van der Waals surface area contributed by atoms with E-state index in [9.17, 15) is 0 Å². The van der Waals surface area contributed by atoms with Crippen LogP contribution in [0.2, 0.25) is 0 Å². The van der Waals surface area contributed by atoms with Gasteiger partial charge >= 0.3 is 0 Å². The van der Waals surface area contributed by atoms with Gasteiger partial charge in [-0.15, -0.1) is 0 Å². The summed E-state index contributed by atoms with van der Waals surface area (Å²) in [7, 11) is 0. The van der Waals surface area contributed by atoms with Crippen LogP contribution in [0.15, 0.2) is 12.2 Å². The molecule has 0 amide bonds. The number of nitrogens with one attached hydrogen (secondary N) is 1. The number of ether oxygens (including phenoxy) is 1. The van der Waals surface area contributed by atoms with E-state index in [1.807, 2.05) is 0 Å². The van der Waals surface area contributed by atoms with Gasteiger partial charge in [0.1, 0.15) is 0 Å². The van der Waals surface area contributed by atoms with Gasteiger partial charge in [-0.3, -0.25) is 0 Å². The molecule has 2 aliphatic heterocycles. The zero-order valence-electron chi connectivity index (χ0n) is 4.68. The van der Waals surface area contributed by atoms with E-state index in [-0.39, 0.29) is 0 Å². The Labute approximate surface area is 48.5 Å². The monoisotopic (exact) mass is 111 g/mol. The third-order valence-electron chi connectivity index (χ3n) is 1.87. The van der Waals surface area contributed by atoms with Crippen LogP contribution in [-0.4, -0.2) is 25.3 Å². The lowest BCUT2D eigenvalue weighted by atomic mass is 10.2. The Kier molecular flexibility index (Phi) is 0.754. The van der Waals surface area contributed by atoms with Crippen LogP contribution in [0.1, 0.15) is 0 Å². The lowest BCUT2D eigenvalue weighted by Crippen LogP contribution is -2.30. The second kappa shape index (κ2) is 1.33. The van der Waals surface area contributed by atoms with Gasteiger partial charge in [0.15, 0.2) is 0 Å². The van der Waals surface area contributed by atoms with Gasteiger partial charge in [0.2, 0.25) is 0 Å². The predicted octanol–water partition coefficient (Wildman–Crippen LogP) is -0.0868. The third-order valence-corrected chi connectivity index (χ3v) is 1.87. The second-order valence-corrected chi connectivity index (χ2v) is 2.36. The zero-order chi connectivity index (χ0) is 5.56. The summed E-state index contributed by atoms with van der Waals surface area (Å²) < 4.78 is 5.30. The van der Waals surface area contributed by atoms with E-state index in [0.29, 0.717) is 12.1 Å². The Morgan fingerprint density at radius 1 is 1.75 bits per heavy atom. The van der Waals surface area contributed by atoms with Crippen LogP contribution in [0.4, 0.5) is 0 Å². The summed E-state index contributed by atoms with van der Waals surface area (Å²) in [4.78, 5) is 0. The number of fused-ring (bicyclic) bond motifs is 2. The molecular weight excluding hydrogens is 102 g/mol. The molecule has 2 bridgehead atoms. The summed E-state index contributed by atoms with van der Waals surface area (Å²) in [6, 6.07) is 0.472. The van der Waals surface area contributed by atoms with E-state index in [2.05, 4.69) is 11.9 Å². The van der Waals surface area contributed by atoms with Crippen molar-refractivity contribution in [2.24, 2.45) is 0 Å². The van der Waals surface area contributed by atoms with Gasteiger partial charge in [0, 0.05) is 6.54 Å². The van der Waals surface area contributed by atoms with Crippen molar-refractivity contribution >= 4 is 0 Å². The van der Waals surface area contributed by atoms with Gasteiger partial charge in [0.05, 0.1) is 18.8 Å². The highest BCUT2D eigenvalue weighted by atomic mass is 16.5. The smallest absolute Gasteiger partial charge is 0.0923 e. The van der Waals surface area contributed by atoms with E-state index in [1.54, 1.807) is 0 Å². The van der Waals surface area contributed by atoms with Crippen LogP contribution in [0, 0.1) is 0 Å². The van der Waals surface area contributed by atoms with Gasteiger partial charge in [-0.25, -0.2) is 0 Å². The summed E-state index contributed by atoms with van der Waals surface area (Å²) in [5, 5.41) is 3.28. The van der Waals surface area contributed by atoms with Crippen molar-refractivity contribution in [2.75, 3.05) is 13.2 Å². The van der Waals surface area contributed by atoms with Crippen molar-refractivity contribution in [1.82, 2.24) is 5.32 Å². The third kappa shape index (κ3) is 0.394. The average molecular weight is 111 g/mol. The van der Waals surface area contributed by atoms with Crippen molar-refractivity contribution in [3.05, 3.63) is 12.2 Å². The Balaban J connectivity index is 2.28. The first-order chi connectivity index (χ1) is 3.88. The van der Waals surface area contributed by atoms with Crippen LogP contribution in [0.5, 0.6) is 0 Å². The average Bonchev–Trinajstić information content (AvgIpc) is 2.29. The van der Waals surface area contributed by atoms with Gasteiger partial charge in [-0.05, 0) is 5.57 Å². The maximum Gasteiger partial charge on any atom is 0.0923 e. The van der Waals surface area contributed by atoms with Crippen molar-refractivity contribution in [1.29, 1.82) is 0 Å². The molecule has 2 fully saturated rings. The van der Waals surface area contributed by atoms with Crippen LogP contribution < -0.4 is 5.32 Å². The molecule has 0 unspecified atom stereocenters. The molecule has 2 aliphatic rings. The zero-order valence-corrected chi connectivity index (χ0v) is 4.68. The highest BCUT2D eigenvalue weighted by Gasteiger charge is 2.35. The fraction of sp³-hybridized carbons (Fsp3) is 0.667. The van der Waals surface area contributed by atoms with E-state index in [4.69, 9.17) is 4.74 Å². The first-order valence-electron chi connectivity index (χ1n) is 2.91. The Morgan fingerprint density at radius 3 is 2.75 bits per heavy atom. The van der Waals surface area contributed by atoms with E-state index < -0.39 is 0 Å². The van der Waals surface area contributed by atoms with Crippen LogP contribution in [0.3, 0.4) is 0 Å². The first-order valence-corrected chi connectivity index (χ1v) is 2.91. The second-order valence-electron chi connectivity index (χ2n) is 2.36. The molecule has 0 aromatic heterocycles. The SMILES string of the molecule is C=C1[C@@H]2CO[C@H]1CN2.